The van der Waals surface area contributed by atoms with Gasteiger partial charge in [0.15, 0.2) is 0 Å². The molecule has 3 aromatic carbocycles. The molecule has 0 aromatic heterocycles. The zero-order chi connectivity index (χ0) is 30.6. The van der Waals surface area contributed by atoms with Crippen LogP contribution in [0, 0.1) is 5.41 Å². The fourth-order valence-corrected chi connectivity index (χ4v) is 5.16. The van der Waals surface area contributed by atoms with Gasteiger partial charge >= 0.3 is 0 Å². The summed E-state index contributed by atoms with van der Waals surface area (Å²) >= 11 is 0. The van der Waals surface area contributed by atoms with Crippen molar-refractivity contribution < 1.29 is 9.90 Å². The summed E-state index contributed by atoms with van der Waals surface area (Å²) in [5.74, 6) is 0.500. The van der Waals surface area contributed by atoms with Crippen LogP contribution in [0.5, 0.6) is 5.75 Å². The van der Waals surface area contributed by atoms with E-state index >= 15 is 0 Å². The molecule has 222 valence electrons. The van der Waals surface area contributed by atoms with Gasteiger partial charge in [0.2, 0.25) is 5.91 Å². The van der Waals surface area contributed by atoms with Gasteiger partial charge in [0.05, 0.1) is 0 Å². The zero-order valence-electron chi connectivity index (χ0n) is 27.1. The summed E-state index contributed by atoms with van der Waals surface area (Å²) in [7, 11) is 0. The lowest BCUT2D eigenvalue weighted by molar-refractivity contribution is -0.119. The Morgan fingerprint density at radius 1 is 0.805 bits per heavy atom. The molecule has 2 N–H and O–H groups in total. The number of benzene rings is 3. The van der Waals surface area contributed by atoms with E-state index in [1.165, 1.54) is 0 Å². The van der Waals surface area contributed by atoms with Gasteiger partial charge < -0.3 is 15.3 Å². The average Bonchev–Trinajstić information content (AvgIpc) is 2.87. The number of anilines is 3. The monoisotopic (exact) mass is 556 g/mol. The van der Waals surface area contributed by atoms with Gasteiger partial charge in [-0.25, -0.2) is 0 Å². The molecule has 0 saturated carbocycles. The molecule has 3 rings (SSSR count). The van der Waals surface area contributed by atoms with E-state index in [9.17, 15) is 9.90 Å². The maximum atomic E-state index is 14.0. The highest BCUT2D eigenvalue weighted by molar-refractivity contribution is 5.94. The quantitative estimate of drug-likeness (QED) is 0.276. The average molecular weight is 557 g/mol. The molecular weight excluding hydrogens is 504 g/mol. The Bertz CT molecular complexity index is 1260. The number of carbonyl (C=O) groups is 1. The van der Waals surface area contributed by atoms with Crippen LogP contribution in [0.3, 0.4) is 0 Å². The Morgan fingerprint density at radius 2 is 1.32 bits per heavy atom. The van der Waals surface area contributed by atoms with Crippen molar-refractivity contribution in [2.24, 2.45) is 5.41 Å². The second-order valence-corrected chi connectivity index (χ2v) is 14.8. The van der Waals surface area contributed by atoms with Gasteiger partial charge in [-0.3, -0.25) is 4.79 Å². The molecule has 0 aliphatic carbocycles. The molecule has 4 heteroatoms. The Kier molecular flexibility index (Phi) is 10.00. The zero-order valence-corrected chi connectivity index (χ0v) is 27.1. The minimum absolute atomic E-state index is 0.0738. The minimum Gasteiger partial charge on any atom is -0.507 e. The largest absolute Gasteiger partial charge is 0.507 e. The third kappa shape index (κ3) is 9.11. The first-order valence-corrected chi connectivity index (χ1v) is 15.1. The van der Waals surface area contributed by atoms with Crippen LogP contribution in [-0.4, -0.2) is 17.1 Å². The normalized spacial score (nSPS) is 13.1. The highest BCUT2D eigenvalue weighted by Crippen LogP contribution is 2.40. The SMILES string of the molecule is CC(CCC(C)(C)C)N(C(=O)CCc1cc(C(C)(C)C)c(O)c(C(C)(C)C)c1)c1ccc(Nc2ccccc2)cc1. The van der Waals surface area contributed by atoms with Gasteiger partial charge in [0, 0.05) is 29.5 Å². The minimum atomic E-state index is -0.201. The standard InChI is InChI=1S/C37H52N2O2/c1-26(22-23-35(2,3)4)39(30-19-17-29(18-20-30)38-28-14-12-11-13-15-28)33(40)21-16-27-24-31(36(5,6)7)34(41)32(25-27)37(8,9)10/h11-15,17-20,24-26,38,41H,16,21-23H2,1-10H3. The Labute approximate surface area is 249 Å². The van der Waals surface area contributed by atoms with Crippen LogP contribution >= 0.6 is 0 Å². The molecule has 0 fully saturated rings. The number of nitrogens with one attached hydrogen (secondary N) is 1. The number of phenolic OH excluding ortho intramolecular Hbond substituents is 1. The van der Waals surface area contributed by atoms with E-state index < -0.39 is 0 Å². The maximum Gasteiger partial charge on any atom is 0.227 e. The number of hydrogen-bond donors (Lipinski definition) is 2. The number of hydrogen-bond acceptors (Lipinski definition) is 3. The maximum absolute atomic E-state index is 14.0. The van der Waals surface area contributed by atoms with Gasteiger partial charge in [0.25, 0.3) is 0 Å². The Balaban J connectivity index is 1.88. The van der Waals surface area contributed by atoms with Crippen LogP contribution in [0.2, 0.25) is 0 Å². The Hall–Kier alpha value is -3.27. The number of aromatic hydroxyl groups is 1. The number of nitrogens with zero attached hydrogens (tertiary/aromatic N) is 1. The second kappa shape index (κ2) is 12.7. The lowest BCUT2D eigenvalue weighted by Gasteiger charge is -2.32. The molecule has 3 aromatic rings. The summed E-state index contributed by atoms with van der Waals surface area (Å²) in [4.78, 5) is 15.9. The number of carbonyl (C=O) groups excluding carboxylic acids is 1. The molecule has 1 atom stereocenters. The molecule has 4 nitrogen and oxygen atoms in total. The molecule has 0 saturated heterocycles. The van der Waals surface area contributed by atoms with Crippen molar-refractivity contribution in [1.82, 2.24) is 0 Å². The Morgan fingerprint density at radius 3 is 1.80 bits per heavy atom. The van der Waals surface area contributed by atoms with Gasteiger partial charge in [-0.15, -0.1) is 0 Å². The second-order valence-electron chi connectivity index (χ2n) is 14.8. The predicted molar refractivity (Wildman–Crippen MR) is 176 cm³/mol. The third-order valence-electron chi connectivity index (χ3n) is 7.64. The van der Waals surface area contributed by atoms with E-state index in [0.717, 1.165) is 46.6 Å². The lowest BCUT2D eigenvalue weighted by Crippen LogP contribution is -2.39. The van der Waals surface area contributed by atoms with E-state index in [0.29, 0.717) is 18.6 Å². The van der Waals surface area contributed by atoms with Crippen molar-refractivity contribution in [1.29, 1.82) is 0 Å². The fourth-order valence-electron chi connectivity index (χ4n) is 5.16. The molecule has 0 radical (unpaired) electrons. The summed E-state index contributed by atoms with van der Waals surface area (Å²) in [6.45, 7) is 21.7. The van der Waals surface area contributed by atoms with E-state index in [1.807, 2.05) is 59.5 Å². The summed E-state index contributed by atoms with van der Waals surface area (Å²) in [5, 5.41) is 14.6. The van der Waals surface area contributed by atoms with Gasteiger partial charge in [-0.05, 0) is 95.5 Å². The van der Waals surface area contributed by atoms with Gasteiger partial charge in [-0.2, -0.15) is 0 Å². The van der Waals surface area contributed by atoms with E-state index in [4.69, 9.17) is 0 Å². The molecular formula is C37H52N2O2. The topological polar surface area (TPSA) is 52.6 Å². The number of amides is 1. The van der Waals surface area contributed by atoms with Crippen LogP contribution < -0.4 is 10.2 Å². The summed E-state index contributed by atoms with van der Waals surface area (Å²) in [6, 6.07) is 22.6. The third-order valence-corrected chi connectivity index (χ3v) is 7.64. The van der Waals surface area contributed by atoms with Gasteiger partial charge in [0.1, 0.15) is 5.75 Å². The number of phenols is 1. The van der Waals surface area contributed by atoms with Crippen molar-refractivity contribution in [3.8, 4) is 5.75 Å². The van der Waals surface area contributed by atoms with Crippen LogP contribution in [0.15, 0.2) is 66.7 Å². The van der Waals surface area contributed by atoms with Crippen molar-refractivity contribution in [3.63, 3.8) is 0 Å². The summed E-state index contributed by atoms with van der Waals surface area (Å²) in [6.07, 6.45) is 3.00. The van der Waals surface area contributed by atoms with Crippen LogP contribution in [0.4, 0.5) is 17.1 Å². The molecule has 0 aliphatic heterocycles. The summed E-state index contributed by atoms with van der Waals surface area (Å²) < 4.78 is 0. The van der Waals surface area contributed by atoms with Crippen molar-refractivity contribution >= 4 is 23.0 Å². The highest BCUT2D eigenvalue weighted by Gasteiger charge is 2.28. The predicted octanol–water partition coefficient (Wildman–Crippen LogP) is 9.91. The molecule has 0 heterocycles. The number of para-hydroxylation sites is 1. The van der Waals surface area contributed by atoms with Crippen LogP contribution in [-0.2, 0) is 22.0 Å². The smallest absolute Gasteiger partial charge is 0.227 e. The highest BCUT2D eigenvalue weighted by atomic mass is 16.3. The van der Waals surface area contributed by atoms with Crippen molar-refractivity contribution in [2.45, 2.75) is 112 Å². The molecule has 1 unspecified atom stereocenters. The first-order valence-electron chi connectivity index (χ1n) is 15.1. The van der Waals surface area contributed by atoms with Crippen molar-refractivity contribution in [3.05, 3.63) is 83.4 Å². The van der Waals surface area contributed by atoms with Crippen LogP contribution in [0.1, 0.15) is 105 Å². The summed E-state index contributed by atoms with van der Waals surface area (Å²) in [5.41, 5.74) is 5.70. The first-order chi connectivity index (χ1) is 19.0. The first kappa shape index (κ1) is 32.2. The molecule has 0 spiro atoms. The van der Waals surface area contributed by atoms with Gasteiger partial charge in [-0.1, -0.05) is 92.6 Å². The lowest BCUT2D eigenvalue weighted by atomic mass is 9.78. The molecule has 0 aliphatic rings. The molecule has 41 heavy (non-hydrogen) atoms. The fraction of sp³-hybridized carbons (Fsp3) is 0.486. The number of aryl methyl sites for hydroxylation is 1. The van der Waals surface area contributed by atoms with E-state index in [2.05, 4.69) is 86.7 Å². The van der Waals surface area contributed by atoms with E-state index in [1.54, 1.807) is 0 Å². The molecule has 0 bridgehead atoms. The van der Waals surface area contributed by atoms with E-state index in [-0.39, 0.29) is 28.2 Å². The molecule has 1 amide bonds. The van der Waals surface area contributed by atoms with Crippen molar-refractivity contribution in [2.75, 3.05) is 10.2 Å². The number of rotatable bonds is 9. The van der Waals surface area contributed by atoms with Crippen LogP contribution in [0.25, 0.3) is 0 Å².